The lowest BCUT2D eigenvalue weighted by atomic mass is 10.1. The molecule has 0 aromatic heterocycles. The van der Waals surface area contributed by atoms with Crippen molar-refractivity contribution in [2.45, 2.75) is 19.4 Å². The molecule has 0 aliphatic carbocycles. The summed E-state index contributed by atoms with van der Waals surface area (Å²) < 4.78 is 12.7. The molecule has 0 heterocycles. The Morgan fingerprint density at radius 1 is 1.33 bits per heavy atom. The van der Waals surface area contributed by atoms with E-state index in [-0.39, 0.29) is 5.82 Å². The van der Waals surface area contributed by atoms with E-state index in [1.807, 2.05) is 23.9 Å². The Labute approximate surface area is 95.5 Å². The topological polar surface area (TPSA) is 12.0 Å². The Balaban J connectivity index is 2.33. The minimum atomic E-state index is -0.173. The minimum absolute atomic E-state index is 0.173. The molecule has 0 fully saturated rings. The first-order chi connectivity index (χ1) is 7.24. The number of halogens is 1. The highest BCUT2D eigenvalue weighted by atomic mass is 32.2. The van der Waals surface area contributed by atoms with Crippen molar-refractivity contribution in [1.29, 1.82) is 0 Å². The fraction of sp³-hybridized carbons (Fsp3) is 0.500. The van der Waals surface area contributed by atoms with Gasteiger partial charge in [-0.3, -0.25) is 0 Å². The van der Waals surface area contributed by atoms with Gasteiger partial charge in [0, 0.05) is 6.04 Å². The molecule has 0 aliphatic rings. The molecule has 1 atom stereocenters. The molecule has 1 aromatic carbocycles. The van der Waals surface area contributed by atoms with Crippen LogP contribution >= 0.6 is 11.8 Å². The molecule has 0 radical (unpaired) electrons. The quantitative estimate of drug-likeness (QED) is 0.749. The van der Waals surface area contributed by atoms with Crippen molar-refractivity contribution in [3.8, 4) is 0 Å². The van der Waals surface area contributed by atoms with Gasteiger partial charge in [-0.1, -0.05) is 12.1 Å². The smallest absolute Gasteiger partial charge is 0.123 e. The van der Waals surface area contributed by atoms with Crippen molar-refractivity contribution in [3.63, 3.8) is 0 Å². The summed E-state index contributed by atoms with van der Waals surface area (Å²) in [7, 11) is 0. The summed E-state index contributed by atoms with van der Waals surface area (Å²) in [6, 6.07) is 6.99. The number of benzene rings is 1. The lowest BCUT2D eigenvalue weighted by molar-refractivity contribution is 0.569. The van der Waals surface area contributed by atoms with Crippen molar-refractivity contribution in [3.05, 3.63) is 35.6 Å². The van der Waals surface area contributed by atoms with Gasteiger partial charge in [-0.2, -0.15) is 11.8 Å². The highest BCUT2D eigenvalue weighted by molar-refractivity contribution is 7.98. The maximum absolute atomic E-state index is 12.7. The van der Waals surface area contributed by atoms with Crippen molar-refractivity contribution in [2.24, 2.45) is 0 Å². The minimum Gasteiger partial charge on any atom is -0.310 e. The Bertz CT molecular complexity index is 273. The van der Waals surface area contributed by atoms with Crippen molar-refractivity contribution >= 4 is 11.8 Å². The van der Waals surface area contributed by atoms with E-state index in [0.717, 1.165) is 12.1 Å². The molecule has 0 saturated heterocycles. The van der Waals surface area contributed by atoms with Crippen LogP contribution in [0.5, 0.6) is 0 Å². The van der Waals surface area contributed by atoms with E-state index in [2.05, 4.69) is 18.5 Å². The molecule has 1 N–H and O–H groups in total. The molecular formula is C12H18FNS. The van der Waals surface area contributed by atoms with Crippen LogP contribution in [0.3, 0.4) is 0 Å². The normalized spacial score (nSPS) is 12.7. The third-order valence-corrected chi connectivity index (χ3v) is 3.04. The van der Waals surface area contributed by atoms with Gasteiger partial charge in [-0.05, 0) is 49.6 Å². The zero-order valence-electron chi connectivity index (χ0n) is 9.29. The Morgan fingerprint density at radius 2 is 2.00 bits per heavy atom. The molecule has 3 heteroatoms. The van der Waals surface area contributed by atoms with Crippen LogP contribution in [0.25, 0.3) is 0 Å². The maximum Gasteiger partial charge on any atom is 0.123 e. The van der Waals surface area contributed by atoms with Crippen molar-refractivity contribution < 1.29 is 4.39 Å². The Kier molecular flexibility index (Phi) is 5.73. The first-order valence-electron chi connectivity index (χ1n) is 5.22. The average Bonchev–Trinajstić information content (AvgIpc) is 2.25. The average molecular weight is 227 g/mol. The molecule has 1 aromatic rings. The van der Waals surface area contributed by atoms with E-state index in [9.17, 15) is 4.39 Å². The molecule has 84 valence electrons. The summed E-state index contributed by atoms with van der Waals surface area (Å²) in [6.45, 7) is 3.12. The zero-order chi connectivity index (χ0) is 11.1. The summed E-state index contributed by atoms with van der Waals surface area (Å²) >= 11 is 1.86. The summed E-state index contributed by atoms with van der Waals surface area (Å²) in [5.41, 5.74) is 1.14. The van der Waals surface area contributed by atoms with Crippen LogP contribution in [-0.4, -0.2) is 18.6 Å². The second kappa shape index (κ2) is 6.85. The first-order valence-corrected chi connectivity index (χ1v) is 6.61. The first kappa shape index (κ1) is 12.5. The summed E-state index contributed by atoms with van der Waals surface area (Å²) in [5, 5.41) is 3.42. The van der Waals surface area contributed by atoms with Gasteiger partial charge in [0.15, 0.2) is 0 Å². The van der Waals surface area contributed by atoms with Gasteiger partial charge in [0.05, 0.1) is 0 Å². The third-order valence-electron chi connectivity index (χ3n) is 2.35. The zero-order valence-corrected chi connectivity index (χ0v) is 10.1. The molecule has 15 heavy (non-hydrogen) atoms. The van der Waals surface area contributed by atoms with Crippen LogP contribution in [0.15, 0.2) is 24.3 Å². The van der Waals surface area contributed by atoms with Crippen LogP contribution < -0.4 is 5.32 Å². The molecular weight excluding hydrogens is 209 g/mol. The fourth-order valence-electron chi connectivity index (χ4n) is 1.40. The lowest BCUT2D eigenvalue weighted by Crippen LogP contribution is -2.20. The van der Waals surface area contributed by atoms with E-state index >= 15 is 0 Å². The number of thioether (sulfide) groups is 1. The number of hydrogen-bond donors (Lipinski definition) is 1. The lowest BCUT2D eigenvalue weighted by Gasteiger charge is -2.13. The maximum atomic E-state index is 12.7. The molecule has 0 bridgehead atoms. The second-order valence-electron chi connectivity index (χ2n) is 3.57. The van der Waals surface area contributed by atoms with Crippen LogP contribution in [0.2, 0.25) is 0 Å². The summed E-state index contributed by atoms with van der Waals surface area (Å²) in [4.78, 5) is 0. The number of hydrogen-bond acceptors (Lipinski definition) is 2. The second-order valence-corrected chi connectivity index (χ2v) is 4.56. The molecule has 0 amide bonds. The number of nitrogens with one attached hydrogen (secondary N) is 1. The van der Waals surface area contributed by atoms with Gasteiger partial charge in [0.1, 0.15) is 5.82 Å². The predicted octanol–water partition coefficient (Wildman–Crippen LogP) is 3.23. The van der Waals surface area contributed by atoms with Crippen molar-refractivity contribution in [2.75, 3.05) is 18.6 Å². The van der Waals surface area contributed by atoms with E-state index in [1.54, 1.807) is 0 Å². The van der Waals surface area contributed by atoms with E-state index in [1.165, 1.54) is 24.3 Å². The summed E-state index contributed by atoms with van der Waals surface area (Å²) in [6.07, 6.45) is 3.29. The van der Waals surface area contributed by atoms with E-state index in [4.69, 9.17) is 0 Å². The van der Waals surface area contributed by atoms with Crippen LogP contribution in [-0.2, 0) is 0 Å². The molecule has 0 saturated carbocycles. The van der Waals surface area contributed by atoms with Gasteiger partial charge < -0.3 is 5.32 Å². The van der Waals surface area contributed by atoms with Crippen LogP contribution in [0, 0.1) is 5.82 Å². The van der Waals surface area contributed by atoms with Gasteiger partial charge in [0.25, 0.3) is 0 Å². The molecule has 0 spiro atoms. The Hall–Kier alpha value is -0.540. The van der Waals surface area contributed by atoms with Gasteiger partial charge >= 0.3 is 0 Å². The highest BCUT2D eigenvalue weighted by Gasteiger charge is 2.03. The molecule has 0 aliphatic heterocycles. The fourth-order valence-corrected chi connectivity index (χ4v) is 1.84. The SMILES string of the molecule is CSCCCN[C@H](C)c1ccc(F)cc1. The monoisotopic (exact) mass is 227 g/mol. The van der Waals surface area contributed by atoms with E-state index in [0.29, 0.717) is 6.04 Å². The van der Waals surface area contributed by atoms with E-state index < -0.39 is 0 Å². The molecule has 1 nitrogen and oxygen atoms in total. The van der Waals surface area contributed by atoms with Gasteiger partial charge in [-0.15, -0.1) is 0 Å². The highest BCUT2D eigenvalue weighted by Crippen LogP contribution is 2.12. The van der Waals surface area contributed by atoms with Crippen molar-refractivity contribution in [1.82, 2.24) is 5.32 Å². The largest absolute Gasteiger partial charge is 0.310 e. The van der Waals surface area contributed by atoms with Crippen LogP contribution in [0.4, 0.5) is 4.39 Å². The molecule has 0 unspecified atom stereocenters. The van der Waals surface area contributed by atoms with Gasteiger partial charge in [-0.25, -0.2) is 4.39 Å². The van der Waals surface area contributed by atoms with Crippen LogP contribution in [0.1, 0.15) is 24.9 Å². The number of rotatable bonds is 6. The standard InChI is InChI=1S/C12H18FNS/c1-10(14-8-3-9-15-2)11-4-6-12(13)7-5-11/h4-7,10,14H,3,8-9H2,1-2H3/t10-/m1/s1. The third kappa shape index (κ3) is 4.67. The molecule has 1 rings (SSSR count). The Morgan fingerprint density at radius 3 is 2.60 bits per heavy atom. The van der Waals surface area contributed by atoms with Gasteiger partial charge in [0.2, 0.25) is 0 Å². The summed E-state index contributed by atoms with van der Waals surface area (Å²) in [5.74, 6) is 1.01. The predicted molar refractivity (Wildman–Crippen MR) is 65.8 cm³/mol.